The third kappa shape index (κ3) is 9.13. The Balaban J connectivity index is 1.38. The molecule has 0 N–H and O–H groups in total. The number of hydrogen-bond donors (Lipinski definition) is 0. The number of aryl methyl sites for hydroxylation is 1. The fourth-order valence-corrected chi connectivity index (χ4v) is 5.26. The second-order valence-corrected chi connectivity index (χ2v) is 10.1. The molecular weight excluding hydrogens is 400 g/mol. The zero-order chi connectivity index (χ0) is 23.1. The van der Waals surface area contributed by atoms with Crippen LogP contribution >= 0.6 is 0 Å². The summed E-state index contributed by atoms with van der Waals surface area (Å²) in [6.45, 7) is 7.60. The molecule has 1 nitrogen and oxygen atoms in total. The van der Waals surface area contributed by atoms with Crippen LogP contribution in [0.3, 0.4) is 0 Å². The average Bonchev–Trinajstić information content (AvgIpc) is 2.87. The lowest BCUT2D eigenvalue weighted by atomic mass is 9.79. The van der Waals surface area contributed by atoms with E-state index in [-0.39, 0.29) is 0 Å². The van der Waals surface area contributed by atoms with Crippen molar-refractivity contribution in [3.63, 3.8) is 0 Å². The van der Waals surface area contributed by atoms with Gasteiger partial charge in [0, 0.05) is 6.61 Å². The summed E-state index contributed by atoms with van der Waals surface area (Å²) in [7, 11) is 0. The van der Waals surface area contributed by atoms with Gasteiger partial charge in [0.25, 0.3) is 0 Å². The van der Waals surface area contributed by atoms with Gasteiger partial charge in [0.1, 0.15) is 0 Å². The van der Waals surface area contributed by atoms with Gasteiger partial charge < -0.3 is 4.74 Å². The van der Waals surface area contributed by atoms with Crippen LogP contribution in [-0.2, 0) is 11.2 Å². The Labute approximate surface area is 203 Å². The summed E-state index contributed by atoms with van der Waals surface area (Å²) in [5, 5.41) is 0. The lowest BCUT2D eigenvalue weighted by Crippen LogP contribution is -2.18. The largest absolute Gasteiger partial charge is 0.377 e. The van der Waals surface area contributed by atoms with Crippen LogP contribution in [0.1, 0.15) is 101 Å². The molecule has 1 saturated carbocycles. The molecule has 33 heavy (non-hydrogen) atoms. The third-order valence-electron chi connectivity index (χ3n) is 7.42. The Morgan fingerprint density at radius 2 is 1.33 bits per heavy atom. The summed E-state index contributed by atoms with van der Waals surface area (Å²) in [6, 6.07) is 18.7. The van der Waals surface area contributed by atoms with E-state index in [1.165, 1.54) is 106 Å². The van der Waals surface area contributed by atoms with Crippen LogP contribution in [0.2, 0.25) is 0 Å². The maximum Gasteiger partial charge on any atom is 0.0644 e. The van der Waals surface area contributed by atoms with Crippen molar-refractivity contribution < 1.29 is 4.74 Å². The molecule has 0 bridgehead atoms. The summed E-state index contributed by atoms with van der Waals surface area (Å²) in [6.07, 6.45) is 19.3. The molecule has 180 valence electrons. The van der Waals surface area contributed by atoms with Gasteiger partial charge in [-0.25, -0.2) is 0 Å². The molecule has 1 heteroatoms. The van der Waals surface area contributed by atoms with Crippen molar-refractivity contribution in [2.45, 2.75) is 96.3 Å². The minimum absolute atomic E-state index is 0.682. The van der Waals surface area contributed by atoms with Crippen molar-refractivity contribution in [1.82, 2.24) is 0 Å². The average molecular weight is 447 g/mol. The van der Waals surface area contributed by atoms with Crippen molar-refractivity contribution in [2.75, 3.05) is 13.2 Å². The molecule has 1 aliphatic carbocycles. The predicted octanol–water partition coefficient (Wildman–Crippen LogP) is 9.51. The molecule has 1 aliphatic rings. The van der Waals surface area contributed by atoms with Crippen molar-refractivity contribution in [3.05, 3.63) is 72.3 Å². The monoisotopic (exact) mass is 446 g/mol. The molecule has 1 fully saturated rings. The number of ether oxygens (including phenoxy) is 1. The molecule has 0 radical (unpaired) electrons. The van der Waals surface area contributed by atoms with E-state index in [2.05, 4.69) is 62.0 Å². The summed E-state index contributed by atoms with van der Waals surface area (Å²) < 4.78 is 5.67. The van der Waals surface area contributed by atoms with Crippen molar-refractivity contribution >= 4 is 0 Å². The number of unbranched alkanes of at least 4 members (excludes halogenated alkanes) is 7. The number of hydrogen-bond acceptors (Lipinski definition) is 1. The molecule has 0 aliphatic heterocycles. The van der Waals surface area contributed by atoms with Gasteiger partial charge in [-0.15, -0.1) is 6.58 Å². The van der Waals surface area contributed by atoms with Crippen LogP contribution < -0.4 is 0 Å². The van der Waals surface area contributed by atoms with E-state index in [4.69, 9.17) is 4.74 Å². The standard InChI is InChI=1S/C32H46O/c1-3-5-6-7-8-9-10-11-12-27-13-17-29(18-14-27)31-21-23-32(24-22-31)30-19-15-28(16-20-30)26-33-25-4-2/h4,13-14,17-18,21-24,28,30H,2-3,5-12,15-16,19-20,25-26H2,1H3/t28-,30-. The quantitative estimate of drug-likeness (QED) is 0.195. The van der Waals surface area contributed by atoms with Crippen LogP contribution in [0.4, 0.5) is 0 Å². The molecule has 0 unspecified atom stereocenters. The van der Waals surface area contributed by atoms with Crippen LogP contribution in [-0.4, -0.2) is 13.2 Å². The maximum absolute atomic E-state index is 5.67. The fourth-order valence-electron chi connectivity index (χ4n) is 5.26. The maximum atomic E-state index is 5.67. The van der Waals surface area contributed by atoms with Gasteiger partial charge in [0.2, 0.25) is 0 Å². The highest BCUT2D eigenvalue weighted by molar-refractivity contribution is 5.64. The van der Waals surface area contributed by atoms with E-state index >= 15 is 0 Å². The summed E-state index contributed by atoms with van der Waals surface area (Å²) >= 11 is 0. The molecule has 0 saturated heterocycles. The number of rotatable bonds is 15. The first-order valence-electron chi connectivity index (χ1n) is 13.7. The molecular formula is C32H46O. The minimum Gasteiger partial charge on any atom is -0.377 e. The highest BCUT2D eigenvalue weighted by Gasteiger charge is 2.22. The van der Waals surface area contributed by atoms with Crippen molar-refractivity contribution in [1.29, 1.82) is 0 Å². The molecule has 2 aromatic carbocycles. The molecule has 0 spiro atoms. The second kappa shape index (κ2) is 15.1. The Hall–Kier alpha value is -1.86. The minimum atomic E-state index is 0.682. The first kappa shape index (κ1) is 25.8. The van der Waals surface area contributed by atoms with Crippen molar-refractivity contribution in [2.24, 2.45) is 5.92 Å². The van der Waals surface area contributed by atoms with Gasteiger partial charge in [-0.1, -0.05) is 106 Å². The van der Waals surface area contributed by atoms with Gasteiger partial charge >= 0.3 is 0 Å². The van der Waals surface area contributed by atoms with Crippen LogP contribution in [0, 0.1) is 5.92 Å². The topological polar surface area (TPSA) is 9.23 Å². The molecule has 0 atom stereocenters. The van der Waals surface area contributed by atoms with Crippen molar-refractivity contribution in [3.8, 4) is 11.1 Å². The second-order valence-electron chi connectivity index (χ2n) is 10.1. The third-order valence-corrected chi connectivity index (χ3v) is 7.42. The Morgan fingerprint density at radius 3 is 1.94 bits per heavy atom. The fraction of sp³-hybridized carbons (Fsp3) is 0.562. The Morgan fingerprint density at radius 1 is 0.758 bits per heavy atom. The summed E-state index contributed by atoms with van der Waals surface area (Å²) in [4.78, 5) is 0. The number of benzene rings is 2. The zero-order valence-electron chi connectivity index (χ0n) is 21.1. The van der Waals surface area contributed by atoms with E-state index in [1.54, 1.807) is 0 Å². The molecule has 3 rings (SSSR count). The SMILES string of the molecule is C=CCOC[C@H]1CC[C@H](c2ccc(-c3ccc(CCCCCCCCCC)cc3)cc2)CC1. The lowest BCUT2D eigenvalue weighted by Gasteiger charge is -2.28. The Kier molecular flexibility index (Phi) is 11.8. The van der Waals surface area contributed by atoms with Gasteiger partial charge in [0.05, 0.1) is 6.61 Å². The van der Waals surface area contributed by atoms with Gasteiger partial charge in [-0.2, -0.15) is 0 Å². The highest BCUT2D eigenvalue weighted by Crippen LogP contribution is 2.36. The molecule has 2 aromatic rings. The molecule has 0 amide bonds. The van der Waals surface area contributed by atoms with Crippen LogP contribution in [0.15, 0.2) is 61.2 Å². The zero-order valence-corrected chi connectivity index (χ0v) is 21.1. The van der Waals surface area contributed by atoms with Gasteiger partial charge in [0.15, 0.2) is 0 Å². The van der Waals surface area contributed by atoms with Gasteiger partial charge in [-0.05, 0) is 72.6 Å². The molecule has 0 heterocycles. The Bertz CT molecular complexity index is 765. The summed E-state index contributed by atoms with van der Waals surface area (Å²) in [5.41, 5.74) is 5.67. The van der Waals surface area contributed by atoms with Gasteiger partial charge in [-0.3, -0.25) is 0 Å². The first-order valence-corrected chi connectivity index (χ1v) is 13.7. The smallest absolute Gasteiger partial charge is 0.0644 e. The lowest BCUT2D eigenvalue weighted by molar-refractivity contribution is 0.102. The van der Waals surface area contributed by atoms with E-state index in [9.17, 15) is 0 Å². The van der Waals surface area contributed by atoms with Crippen LogP contribution in [0.5, 0.6) is 0 Å². The normalized spacial score (nSPS) is 18.3. The first-order chi connectivity index (χ1) is 16.3. The van der Waals surface area contributed by atoms with E-state index in [0.717, 1.165) is 12.5 Å². The van der Waals surface area contributed by atoms with E-state index in [1.807, 2.05) is 6.08 Å². The molecule has 0 aromatic heterocycles. The predicted molar refractivity (Wildman–Crippen MR) is 144 cm³/mol. The van der Waals surface area contributed by atoms with E-state index in [0.29, 0.717) is 12.5 Å². The van der Waals surface area contributed by atoms with E-state index < -0.39 is 0 Å². The summed E-state index contributed by atoms with van der Waals surface area (Å²) in [5.74, 6) is 1.44. The highest BCUT2D eigenvalue weighted by atomic mass is 16.5. The van der Waals surface area contributed by atoms with Crippen LogP contribution in [0.25, 0.3) is 11.1 Å².